The molecule has 454 valence electrons. The normalized spacial score (nSPS) is 12.5. The van der Waals surface area contributed by atoms with Crippen molar-refractivity contribution in [2.75, 3.05) is 72.5 Å². The molecule has 0 aliphatic rings. The number of rotatable bonds is 55. The third-order valence-corrected chi connectivity index (χ3v) is 12.1. The molecule has 0 saturated heterocycles. The van der Waals surface area contributed by atoms with E-state index in [4.69, 9.17) is 35.6 Å². The van der Waals surface area contributed by atoms with Crippen molar-refractivity contribution in [1.82, 2.24) is 37.3 Å². The Morgan fingerprint density at radius 3 is 1.11 bits per heavy atom. The minimum absolute atomic E-state index is 0.0340. The number of carboxylic acid groups (broad SMARTS) is 4. The molecule has 4 unspecified atom stereocenters. The smallest absolute Gasteiger partial charge is 0.326 e. The summed E-state index contributed by atoms with van der Waals surface area (Å²) in [5.74, 6) is -3.40. The summed E-state index contributed by atoms with van der Waals surface area (Å²) in [4.78, 5) is 130. The molecule has 79 heavy (non-hydrogen) atoms. The second-order valence-electron chi connectivity index (χ2n) is 18.8. The molecule has 0 rings (SSSR count). The molecule has 0 aromatic heterocycles. The average Bonchev–Trinajstić information content (AvgIpc) is 3.39. The molecule has 0 aliphatic heterocycles. The maximum Gasteiger partial charge on any atom is 0.326 e. The van der Waals surface area contributed by atoms with Crippen LogP contribution in [0.5, 0.6) is 0 Å². The maximum atomic E-state index is 12.4. The Morgan fingerprint density at radius 2 is 0.696 bits per heavy atom. The van der Waals surface area contributed by atoms with Crippen LogP contribution in [-0.4, -0.2) is 182 Å². The molecule has 0 radical (unpaired) electrons. The first-order valence-corrected chi connectivity index (χ1v) is 27.5. The second-order valence-corrected chi connectivity index (χ2v) is 18.8. The molecule has 15 N–H and O–H groups in total. The van der Waals surface area contributed by atoms with Crippen LogP contribution in [0, 0.1) is 0 Å². The monoisotopic (exact) mass is 1130 g/mol. The van der Waals surface area contributed by atoms with Crippen molar-refractivity contribution >= 4 is 65.2 Å². The Hall–Kier alpha value is -6.07. The number of aliphatic carboxylic acids is 4. The summed E-state index contributed by atoms with van der Waals surface area (Å²) in [6, 6.07) is -4.81. The number of ether oxygens (including phenoxy) is 4. The summed E-state index contributed by atoms with van der Waals surface area (Å²) < 4.78 is 21.2. The Balaban J connectivity index is 3.97. The van der Waals surface area contributed by atoms with E-state index in [1.165, 1.54) is 32.1 Å². The lowest BCUT2D eigenvalue weighted by Gasteiger charge is -2.17. The van der Waals surface area contributed by atoms with Gasteiger partial charge in [0.15, 0.2) is 0 Å². The summed E-state index contributed by atoms with van der Waals surface area (Å²) in [5, 5.41) is 52.0. The number of carboxylic acids is 4. The lowest BCUT2D eigenvalue weighted by Crippen LogP contribution is -2.45. The van der Waals surface area contributed by atoms with Crippen LogP contribution < -0.4 is 48.9 Å². The number of hydrazine groups is 1. The predicted octanol–water partition coefficient (Wildman–Crippen LogP) is 0.264. The molecule has 0 spiro atoms. The molecule has 0 saturated carbocycles. The molecule has 0 aliphatic carbocycles. The number of primary amides is 1. The van der Waals surface area contributed by atoms with Gasteiger partial charge in [-0.2, -0.15) is 0 Å². The Kier molecular flexibility index (Phi) is 45.2. The number of hydrogen-bond acceptors (Lipinski definition) is 17. The summed E-state index contributed by atoms with van der Waals surface area (Å²) in [6.07, 6.45) is 15.1. The van der Waals surface area contributed by atoms with Gasteiger partial charge in [0.1, 0.15) is 31.3 Å². The van der Waals surface area contributed by atoms with Gasteiger partial charge < -0.3 is 77.0 Å². The number of amides is 7. The van der Waals surface area contributed by atoms with Crippen LogP contribution in [0.4, 0.5) is 0 Å². The first-order valence-electron chi connectivity index (χ1n) is 27.5. The number of nitrogens with two attached hydrogens (primary N) is 2. The Bertz CT molecular complexity index is 1800. The minimum atomic E-state index is -1.49. The molecule has 0 aromatic carbocycles. The minimum Gasteiger partial charge on any atom is -0.481 e. The van der Waals surface area contributed by atoms with Crippen molar-refractivity contribution in [2.24, 2.45) is 11.6 Å². The molecule has 4 atom stereocenters. The summed E-state index contributed by atoms with van der Waals surface area (Å²) >= 11 is 0. The zero-order valence-corrected chi connectivity index (χ0v) is 45.8. The maximum absolute atomic E-state index is 12.4. The van der Waals surface area contributed by atoms with Crippen LogP contribution in [-0.2, 0) is 71.7 Å². The highest BCUT2D eigenvalue weighted by Gasteiger charge is 2.25. The number of hydrogen-bond donors (Lipinski definition) is 13. The van der Waals surface area contributed by atoms with E-state index in [9.17, 15) is 68.1 Å². The lowest BCUT2D eigenvalue weighted by molar-refractivity contribution is -0.144. The highest BCUT2D eigenvalue weighted by Crippen LogP contribution is 2.14. The summed E-state index contributed by atoms with van der Waals surface area (Å²) in [6.45, 7) is 0.201. The molecule has 28 nitrogen and oxygen atoms in total. The predicted molar refractivity (Wildman–Crippen MR) is 284 cm³/mol. The number of carbonyl (C=O) groups is 11. The van der Waals surface area contributed by atoms with E-state index < -0.39 is 96.5 Å². The zero-order valence-electron chi connectivity index (χ0n) is 45.8. The standard InChI is InChI=1S/C51H91N9O19/c52-48(69)37(60-53)17-15-16-26-54-41(61)23-20-39(50(72)73)58-44(64)25-22-40(51(74)75)59-46(66)36-79-34-32-77-30-28-56-45(65)35-78-33-31-76-29-27-55-42(62)24-21-38(49(70)71)57-43(63)18-13-11-9-7-5-3-1-2-4-6-8-10-12-14-19-47(67)68/h37-40,60H,1-36,53H2,(H2,52,69)(H,54,61)(H,55,62)(H,56,65)(H,57,63)(H,58,64)(H,59,66)(H,67,68)(H,70,71)(H,72,73)(H,74,75). The highest BCUT2D eigenvalue weighted by atomic mass is 16.5. The van der Waals surface area contributed by atoms with Crippen molar-refractivity contribution in [3.63, 3.8) is 0 Å². The van der Waals surface area contributed by atoms with Crippen LogP contribution in [0.3, 0.4) is 0 Å². The number of unbranched alkanes of at least 4 members (excludes halogenated alkanes) is 14. The van der Waals surface area contributed by atoms with Crippen LogP contribution in [0.2, 0.25) is 0 Å². The third kappa shape index (κ3) is 45.5. The van der Waals surface area contributed by atoms with Gasteiger partial charge in [0.05, 0.1) is 45.7 Å². The zero-order chi connectivity index (χ0) is 58.9. The molecular weight excluding hydrogens is 1040 g/mol. The van der Waals surface area contributed by atoms with Gasteiger partial charge >= 0.3 is 23.9 Å². The molecular formula is C51H91N9O19. The van der Waals surface area contributed by atoms with Crippen molar-refractivity contribution in [3.05, 3.63) is 0 Å². The first-order chi connectivity index (χ1) is 37.9. The lowest BCUT2D eigenvalue weighted by atomic mass is 10.0. The van der Waals surface area contributed by atoms with Crippen LogP contribution in [0.1, 0.15) is 161 Å². The van der Waals surface area contributed by atoms with E-state index in [1.807, 2.05) is 0 Å². The van der Waals surface area contributed by atoms with Crippen LogP contribution >= 0.6 is 0 Å². The van der Waals surface area contributed by atoms with Gasteiger partial charge in [-0.1, -0.05) is 77.0 Å². The van der Waals surface area contributed by atoms with E-state index in [-0.39, 0.29) is 117 Å². The van der Waals surface area contributed by atoms with E-state index in [0.29, 0.717) is 25.7 Å². The molecule has 0 aromatic rings. The molecule has 0 bridgehead atoms. The number of nitrogens with one attached hydrogen (secondary N) is 7. The molecule has 0 fully saturated rings. The molecule has 7 amide bonds. The largest absolute Gasteiger partial charge is 0.481 e. The van der Waals surface area contributed by atoms with E-state index in [1.54, 1.807) is 0 Å². The SMILES string of the molecule is NNC(CCCCNC(=O)CCC(NC(=O)CCC(NC(=O)COCCOCCNC(=O)COCCOCCNC(=O)CCC(NC(=O)CCCCCCCCCCCCCCCCC(=O)O)C(=O)O)C(=O)O)C(=O)O)C(N)=O. The highest BCUT2D eigenvalue weighted by molar-refractivity contribution is 5.87. The fraction of sp³-hybridized carbons (Fsp3) is 0.784. The van der Waals surface area contributed by atoms with Gasteiger partial charge in [-0.15, -0.1) is 0 Å². The van der Waals surface area contributed by atoms with Gasteiger partial charge in [0.2, 0.25) is 41.4 Å². The van der Waals surface area contributed by atoms with Gasteiger partial charge in [-0.3, -0.25) is 44.2 Å². The quantitative estimate of drug-likeness (QED) is 0.0221. The first kappa shape index (κ1) is 72.9. The van der Waals surface area contributed by atoms with Crippen molar-refractivity contribution in [3.8, 4) is 0 Å². The third-order valence-electron chi connectivity index (χ3n) is 12.1. The topological polar surface area (TPSA) is 442 Å². The molecule has 0 heterocycles. The van der Waals surface area contributed by atoms with Gasteiger partial charge in [-0.25, -0.2) is 19.8 Å². The van der Waals surface area contributed by atoms with Gasteiger partial charge in [0, 0.05) is 51.7 Å². The number of carbonyl (C=O) groups excluding carboxylic acids is 7. The average molecular weight is 1130 g/mol. The Morgan fingerprint density at radius 1 is 0.342 bits per heavy atom. The summed E-state index contributed by atoms with van der Waals surface area (Å²) in [5.41, 5.74) is 7.48. The second kappa shape index (κ2) is 49.0. The fourth-order valence-corrected chi connectivity index (χ4v) is 7.58. The van der Waals surface area contributed by atoms with Crippen molar-refractivity contribution in [2.45, 2.75) is 185 Å². The van der Waals surface area contributed by atoms with Crippen molar-refractivity contribution < 1.29 is 92.1 Å². The van der Waals surface area contributed by atoms with Crippen LogP contribution in [0.15, 0.2) is 0 Å². The van der Waals surface area contributed by atoms with E-state index in [2.05, 4.69) is 37.3 Å². The molecule has 28 heteroatoms. The Labute approximate surface area is 462 Å². The van der Waals surface area contributed by atoms with Gasteiger partial charge in [0.25, 0.3) is 0 Å². The van der Waals surface area contributed by atoms with Crippen molar-refractivity contribution in [1.29, 1.82) is 0 Å². The fourth-order valence-electron chi connectivity index (χ4n) is 7.58. The van der Waals surface area contributed by atoms with Gasteiger partial charge in [-0.05, 0) is 51.4 Å². The van der Waals surface area contributed by atoms with Crippen LogP contribution in [0.25, 0.3) is 0 Å². The van der Waals surface area contributed by atoms with E-state index in [0.717, 1.165) is 51.4 Å². The summed E-state index contributed by atoms with van der Waals surface area (Å²) in [7, 11) is 0. The van der Waals surface area contributed by atoms with E-state index >= 15 is 0 Å².